The molecule has 2 aliphatic heterocycles. The van der Waals surface area contributed by atoms with E-state index in [-0.39, 0.29) is 7.92 Å². The third kappa shape index (κ3) is 5.94. The molecule has 6 rings (SSSR count). The van der Waals surface area contributed by atoms with Crippen molar-refractivity contribution in [3.05, 3.63) is 105 Å². The van der Waals surface area contributed by atoms with Gasteiger partial charge in [-0.05, 0) is 84.8 Å². The number of hydrogen-bond donors (Lipinski definition) is 0. The van der Waals surface area contributed by atoms with Crippen LogP contribution in [0.4, 0.5) is 0 Å². The molecular weight excluding hydrogens is 499 g/mol. The van der Waals surface area contributed by atoms with Gasteiger partial charge in [-0.2, -0.15) is 0 Å². The fraction of sp³-hybridized carbons (Fsp3) is 0.412. The van der Waals surface area contributed by atoms with Gasteiger partial charge in [0.15, 0.2) is 0 Å². The minimum atomic E-state index is -0.379. The predicted molar refractivity (Wildman–Crippen MR) is 164 cm³/mol. The predicted octanol–water partition coefficient (Wildman–Crippen LogP) is 7.33. The first-order valence-electron chi connectivity index (χ1n) is 14.7. The lowest BCUT2D eigenvalue weighted by Crippen LogP contribution is -2.36. The van der Waals surface area contributed by atoms with Crippen LogP contribution in [0.2, 0.25) is 0 Å². The number of ether oxygens (including phenoxy) is 2. The monoisotopic (exact) mass is 540 g/mol. The van der Waals surface area contributed by atoms with E-state index < -0.39 is 0 Å². The second-order valence-electron chi connectivity index (χ2n) is 10.7. The molecule has 5 heteroatoms. The number of allylic oxidation sites excluding steroid dienone is 4. The Morgan fingerprint density at radius 1 is 0.615 bits per heavy atom. The van der Waals surface area contributed by atoms with Crippen LogP contribution < -0.4 is 0 Å². The minimum absolute atomic E-state index is 0.379. The van der Waals surface area contributed by atoms with Crippen molar-refractivity contribution in [2.45, 2.75) is 32.6 Å². The van der Waals surface area contributed by atoms with Crippen LogP contribution in [-0.4, -0.2) is 68.6 Å². The van der Waals surface area contributed by atoms with Crippen LogP contribution in [0.1, 0.15) is 43.7 Å². The maximum Gasteiger partial charge on any atom is 0.0642 e. The lowest BCUT2D eigenvalue weighted by atomic mass is 10.1. The molecule has 0 unspecified atom stereocenters. The highest BCUT2D eigenvalue weighted by Gasteiger charge is 2.36. The molecule has 204 valence electrons. The summed E-state index contributed by atoms with van der Waals surface area (Å²) in [6, 6.07) is 21.8. The fourth-order valence-electron chi connectivity index (χ4n) is 6.55. The summed E-state index contributed by atoms with van der Waals surface area (Å²) in [6.07, 6.45) is 10.8. The molecule has 0 bridgehead atoms. The second-order valence-corrected chi connectivity index (χ2v) is 13.3. The van der Waals surface area contributed by atoms with Gasteiger partial charge in [-0.3, -0.25) is 0 Å². The van der Waals surface area contributed by atoms with Crippen LogP contribution in [0.25, 0.3) is 12.2 Å². The maximum atomic E-state index is 5.79. The third-order valence-electron chi connectivity index (χ3n) is 8.32. The molecule has 2 aromatic carbocycles. The quantitative estimate of drug-likeness (QED) is 0.343. The molecule has 2 aromatic rings. The minimum Gasteiger partial charge on any atom is -0.378 e. The Bertz CT molecular complexity index is 1160. The highest BCUT2D eigenvalue weighted by atomic mass is 31.1. The van der Waals surface area contributed by atoms with Crippen LogP contribution >= 0.6 is 7.92 Å². The average Bonchev–Trinajstić information content (AvgIpc) is 3.60. The molecule has 2 heterocycles. The van der Waals surface area contributed by atoms with E-state index in [0.29, 0.717) is 0 Å². The molecule has 2 fully saturated rings. The molecule has 4 aliphatic rings. The van der Waals surface area contributed by atoms with Crippen molar-refractivity contribution in [3.63, 3.8) is 0 Å². The number of benzene rings is 2. The Labute approximate surface area is 235 Å². The third-order valence-corrected chi connectivity index (χ3v) is 11.1. The standard InChI is InChI=1S/C34H41N2O2P/c1-2-39(31-15-13-29(25-27-9-5-3-6-10-27)33(31)35-17-21-37-22-18-35)32-16-14-30(26-28-11-7-4-8-12-28)34(32)36-19-23-38-24-20-36/h3-12,25-26H,2,13-24H2,1H3/b29-25+,30-26+. The summed E-state index contributed by atoms with van der Waals surface area (Å²) >= 11 is 0. The summed E-state index contributed by atoms with van der Waals surface area (Å²) in [6.45, 7) is 9.70. The average molecular weight is 541 g/mol. The summed E-state index contributed by atoms with van der Waals surface area (Å²) in [7, 11) is -0.379. The molecule has 0 atom stereocenters. The van der Waals surface area contributed by atoms with Crippen LogP contribution in [-0.2, 0) is 9.47 Å². The van der Waals surface area contributed by atoms with Gasteiger partial charge < -0.3 is 19.3 Å². The molecule has 0 N–H and O–H groups in total. The first-order chi connectivity index (χ1) is 19.3. The van der Waals surface area contributed by atoms with Crippen molar-refractivity contribution in [2.75, 3.05) is 58.8 Å². The highest BCUT2D eigenvalue weighted by Crippen LogP contribution is 2.64. The van der Waals surface area contributed by atoms with Crippen molar-refractivity contribution in [3.8, 4) is 0 Å². The van der Waals surface area contributed by atoms with E-state index in [1.54, 1.807) is 22.0 Å². The Morgan fingerprint density at radius 2 is 1.03 bits per heavy atom. The summed E-state index contributed by atoms with van der Waals surface area (Å²) in [4.78, 5) is 5.30. The van der Waals surface area contributed by atoms with Crippen LogP contribution in [0.15, 0.2) is 93.8 Å². The summed E-state index contributed by atoms with van der Waals surface area (Å²) in [5.74, 6) is 0. The van der Waals surface area contributed by atoms with Crippen LogP contribution in [0.3, 0.4) is 0 Å². The Kier molecular flexibility index (Phi) is 8.64. The number of nitrogens with zero attached hydrogens (tertiary/aromatic N) is 2. The lowest BCUT2D eigenvalue weighted by molar-refractivity contribution is 0.0548. The van der Waals surface area contributed by atoms with Gasteiger partial charge >= 0.3 is 0 Å². The van der Waals surface area contributed by atoms with E-state index in [2.05, 4.69) is 89.5 Å². The molecule has 0 aromatic heterocycles. The van der Waals surface area contributed by atoms with E-state index in [4.69, 9.17) is 9.47 Å². The molecule has 0 amide bonds. The molecule has 4 nitrogen and oxygen atoms in total. The number of rotatable bonds is 7. The first-order valence-corrected chi connectivity index (χ1v) is 16.3. The summed E-state index contributed by atoms with van der Waals surface area (Å²) in [5.41, 5.74) is 8.75. The van der Waals surface area contributed by atoms with Crippen molar-refractivity contribution in [2.24, 2.45) is 0 Å². The molecular formula is C34H41N2O2P. The van der Waals surface area contributed by atoms with Gasteiger partial charge in [0.05, 0.1) is 26.4 Å². The van der Waals surface area contributed by atoms with E-state index >= 15 is 0 Å². The molecule has 2 aliphatic carbocycles. The smallest absolute Gasteiger partial charge is 0.0642 e. The van der Waals surface area contributed by atoms with Crippen LogP contribution in [0, 0.1) is 0 Å². The van der Waals surface area contributed by atoms with Crippen molar-refractivity contribution in [1.29, 1.82) is 0 Å². The van der Waals surface area contributed by atoms with Crippen LogP contribution in [0.5, 0.6) is 0 Å². The van der Waals surface area contributed by atoms with Crippen molar-refractivity contribution < 1.29 is 9.47 Å². The molecule has 39 heavy (non-hydrogen) atoms. The highest BCUT2D eigenvalue weighted by molar-refractivity contribution is 7.66. The van der Waals surface area contributed by atoms with Crippen molar-refractivity contribution >= 4 is 20.1 Å². The van der Waals surface area contributed by atoms with Gasteiger partial charge in [-0.1, -0.05) is 67.6 Å². The Hall–Kier alpha value is -2.65. The van der Waals surface area contributed by atoms with Gasteiger partial charge in [-0.25, -0.2) is 0 Å². The summed E-state index contributed by atoms with van der Waals surface area (Å²) < 4.78 is 11.6. The normalized spacial score (nSPS) is 22.7. The van der Waals surface area contributed by atoms with E-state index in [9.17, 15) is 0 Å². The van der Waals surface area contributed by atoms with E-state index in [1.807, 2.05) is 0 Å². The van der Waals surface area contributed by atoms with Gasteiger partial charge in [0.1, 0.15) is 0 Å². The first kappa shape index (κ1) is 26.6. The zero-order valence-corrected chi connectivity index (χ0v) is 24.2. The molecule has 0 saturated carbocycles. The molecule has 0 spiro atoms. The lowest BCUT2D eigenvalue weighted by Gasteiger charge is -2.35. The zero-order chi connectivity index (χ0) is 26.4. The molecule has 0 radical (unpaired) electrons. The van der Waals surface area contributed by atoms with Gasteiger partial charge in [0.2, 0.25) is 0 Å². The zero-order valence-electron chi connectivity index (χ0n) is 23.3. The number of hydrogen-bond acceptors (Lipinski definition) is 4. The Balaban J connectivity index is 1.45. The SMILES string of the molecule is CCP(C1=C(N2CCOCC2)/C(=C/c2ccccc2)CC1)C1=C(N2CCOCC2)/C(=C/c2ccccc2)CC1. The second kappa shape index (κ2) is 12.7. The largest absolute Gasteiger partial charge is 0.378 e. The molecule has 2 saturated heterocycles. The van der Waals surface area contributed by atoms with Gasteiger partial charge in [0, 0.05) is 37.6 Å². The maximum absolute atomic E-state index is 5.79. The number of morpholine rings is 2. The van der Waals surface area contributed by atoms with E-state index in [0.717, 1.165) is 65.4 Å². The van der Waals surface area contributed by atoms with Gasteiger partial charge in [0.25, 0.3) is 0 Å². The van der Waals surface area contributed by atoms with E-state index in [1.165, 1.54) is 41.3 Å². The fourth-order valence-corrected chi connectivity index (χ4v) is 9.48. The summed E-state index contributed by atoms with van der Waals surface area (Å²) in [5, 5.41) is 3.44. The topological polar surface area (TPSA) is 24.9 Å². The van der Waals surface area contributed by atoms with Crippen molar-refractivity contribution in [1.82, 2.24) is 9.80 Å². The van der Waals surface area contributed by atoms with Gasteiger partial charge in [-0.15, -0.1) is 0 Å². The Morgan fingerprint density at radius 3 is 1.41 bits per heavy atom.